The zero-order valence-corrected chi connectivity index (χ0v) is 23.0. The molecule has 5 rings (SSSR count). The molecule has 1 aliphatic rings. The molecule has 0 aromatic heterocycles. The maximum Gasteiger partial charge on any atom is 0.336 e. The molecule has 0 heterocycles. The third kappa shape index (κ3) is 5.75. The quantitative estimate of drug-likeness (QED) is 0.207. The fourth-order valence-electron chi connectivity index (χ4n) is 5.53. The number of fused-ring (bicyclic) bond motifs is 1. The van der Waals surface area contributed by atoms with Crippen molar-refractivity contribution in [3.63, 3.8) is 0 Å². The Morgan fingerprint density at radius 3 is 2.00 bits per heavy atom. The summed E-state index contributed by atoms with van der Waals surface area (Å²) < 4.78 is 0. The number of benzene rings is 4. The van der Waals surface area contributed by atoms with Crippen molar-refractivity contribution < 1.29 is 34.5 Å². The second-order valence-corrected chi connectivity index (χ2v) is 10.5. The number of halogens is 1. The van der Waals surface area contributed by atoms with Crippen LogP contribution in [0.4, 0.5) is 0 Å². The third-order valence-corrected chi connectivity index (χ3v) is 7.76. The predicted octanol–water partition coefficient (Wildman–Crippen LogP) is 6.82. The van der Waals surface area contributed by atoms with Crippen LogP contribution in [0.5, 0.6) is 0 Å². The molecule has 8 nitrogen and oxygen atoms in total. The van der Waals surface area contributed by atoms with E-state index in [9.17, 15) is 34.5 Å². The topological polar surface area (TPSA) is 132 Å². The van der Waals surface area contributed by atoms with E-state index in [1.54, 1.807) is 17.0 Å². The van der Waals surface area contributed by atoms with Crippen LogP contribution in [-0.4, -0.2) is 44.0 Å². The Kier molecular flexibility index (Phi) is 8.08. The Labute approximate surface area is 246 Å². The number of nitrogens with zero attached hydrogens (tertiary/aromatic N) is 1. The van der Waals surface area contributed by atoms with Crippen LogP contribution in [0, 0.1) is 0 Å². The standard InChI is InChI=1S/C33H26ClNO7/c34-23-13-11-20(12-14-23)22-8-3-5-19(15-22)18-35(29-10-4-7-21-6-1-2-9-24(21)29)30(36)25-16-27(32(39)40)28(33(41)42)17-26(25)31(37)38/h1-3,5-6,8-9,11-17,29H,4,7,10,18H2,(H,37,38)(H,39,40)(H,41,42)/t29-/m0/s1. The number of amides is 1. The van der Waals surface area contributed by atoms with Gasteiger partial charge in [0.05, 0.1) is 28.3 Å². The molecule has 1 aliphatic carbocycles. The molecule has 9 heteroatoms. The number of hydrogen-bond donors (Lipinski definition) is 3. The van der Waals surface area contributed by atoms with Gasteiger partial charge in [-0.25, -0.2) is 14.4 Å². The number of aromatic carboxylic acids is 3. The molecule has 0 spiro atoms. The molecular formula is C33H26ClNO7. The zero-order chi connectivity index (χ0) is 30.0. The van der Waals surface area contributed by atoms with E-state index in [0.717, 1.165) is 52.8 Å². The third-order valence-electron chi connectivity index (χ3n) is 7.51. The van der Waals surface area contributed by atoms with Crippen LogP contribution in [0.25, 0.3) is 11.1 Å². The smallest absolute Gasteiger partial charge is 0.336 e. The van der Waals surface area contributed by atoms with Gasteiger partial charge in [-0.3, -0.25) is 4.79 Å². The molecule has 0 aliphatic heterocycles. The summed E-state index contributed by atoms with van der Waals surface area (Å²) in [6, 6.07) is 23.9. The molecule has 0 saturated heterocycles. The average molecular weight is 584 g/mol. The molecule has 0 bridgehead atoms. The summed E-state index contributed by atoms with van der Waals surface area (Å²) in [5.74, 6) is -5.42. The molecule has 0 unspecified atom stereocenters. The molecule has 1 amide bonds. The van der Waals surface area contributed by atoms with Gasteiger partial charge in [-0.15, -0.1) is 0 Å². The van der Waals surface area contributed by atoms with Crippen LogP contribution in [0.3, 0.4) is 0 Å². The Bertz CT molecular complexity index is 1710. The highest BCUT2D eigenvalue weighted by atomic mass is 35.5. The molecule has 3 N–H and O–H groups in total. The van der Waals surface area contributed by atoms with E-state index >= 15 is 0 Å². The van der Waals surface area contributed by atoms with Crippen LogP contribution in [-0.2, 0) is 13.0 Å². The predicted molar refractivity (Wildman–Crippen MR) is 156 cm³/mol. The van der Waals surface area contributed by atoms with E-state index < -0.39 is 46.5 Å². The van der Waals surface area contributed by atoms with E-state index in [-0.39, 0.29) is 12.1 Å². The molecular weight excluding hydrogens is 558 g/mol. The molecule has 212 valence electrons. The average Bonchev–Trinajstić information content (AvgIpc) is 2.99. The molecule has 0 radical (unpaired) electrons. The SMILES string of the molecule is O=C(O)c1cc(C(=O)O)c(C(=O)N(Cc2cccc(-c3ccc(Cl)cc3)c2)[C@H]2CCCc3ccccc32)cc1C(=O)O. The molecule has 0 saturated carbocycles. The number of carboxylic acids is 3. The highest BCUT2D eigenvalue weighted by Crippen LogP contribution is 2.37. The van der Waals surface area contributed by atoms with Crippen molar-refractivity contribution in [1.82, 2.24) is 4.90 Å². The van der Waals surface area contributed by atoms with Gasteiger partial charge in [0.2, 0.25) is 0 Å². The van der Waals surface area contributed by atoms with Gasteiger partial charge in [0, 0.05) is 11.6 Å². The molecule has 42 heavy (non-hydrogen) atoms. The van der Waals surface area contributed by atoms with Crippen LogP contribution in [0.1, 0.15) is 77.0 Å². The van der Waals surface area contributed by atoms with Crippen LogP contribution in [0.2, 0.25) is 5.02 Å². The normalized spacial score (nSPS) is 14.1. The summed E-state index contributed by atoms with van der Waals surface area (Å²) in [5.41, 5.74) is 2.27. The lowest BCUT2D eigenvalue weighted by Crippen LogP contribution is -2.37. The van der Waals surface area contributed by atoms with Crippen molar-refractivity contribution in [2.45, 2.75) is 31.8 Å². The summed E-state index contributed by atoms with van der Waals surface area (Å²) >= 11 is 6.06. The van der Waals surface area contributed by atoms with Crippen molar-refractivity contribution >= 4 is 35.4 Å². The van der Waals surface area contributed by atoms with Crippen molar-refractivity contribution in [2.24, 2.45) is 0 Å². The first-order valence-electron chi connectivity index (χ1n) is 13.3. The Balaban J connectivity index is 1.64. The van der Waals surface area contributed by atoms with Gasteiger partial charge in [-0.2, -0.15) is 0 Å². The zero-order valence-electron chi connectivity index (χ0n) is 22.3. The van der Waals surface area contributed by atoms with Gasteiger partial charge in [0.25, 0.3) is 5.91 Å². The highest BCUT2D eigenvalue weighted by Gasteiger charge is 2.33. The number of carbonyl (C=O) groups is 4. The minimum absolute atomic E-state index is 0.0986. The van der Waals surface area contributed by atoms with E-state index in [4.69, 9.17) is 11.6 Å². The second-order valence-electron chi connectivity index (χ2n) is 10.1. The summed E-state index contributed by atoms with van der Waals surface area (Å²) in [5, 5.41) is 29.8. The minimum Gasteiger partial charge on any atom is -0.478 e. The Morgan fingerprint density at radius 1 is 0.714 bits per heavy atom. The number of carbonyl (C=O) groups excluding carboxylic acids is 1. The first-order valence-corrected chi connectivity index (χ1v) is 13.6. The monoisotopic (exact) mass is 583 g/mol. The lowest BCUT2D eigenvalue weighted by atomic mass is 9.86. The highest BCUT2D eigenvalue weighted by molar-refractivity contribution is 6.30. The number of hydrogen-bond acceptors (Lipinski definition) is 4. The Morgan fingerprint density at radius 2 is 1.33 bits per heavy atom. The van der Waals surface area contributed by atoms with E-state index in [2.05, 4.69) is 0 Å². The summed E-state index contributed by atoms with van der Waals surface area (Å²) in [6.45, 7) is 0.0986. The molecule has 0 fully saturated rings. The molecule has 4 aromatic carbocycles. The van der Waals surface area contributed by atoms with Crippen LogP contribution >= 0.6 is 11.6 Å². The first kappa shape index (κ1) is 28.6. The fraction of sp³-hybridized carbons (Fsp3) is 0.152. The number of aryl methyl sites for hydroxylation is 1. The fourth-order valence-corrected chi connectivity index (χ4v) is 5.65. The van der Waals surface area contributed by atoms with Crippen LogP contribution in [0.15, 0.2) is 84.9 Å². The van der Waals surface area contributed by atoms with E-state index in [1.165, 1.54) is 0 Å². The van der Waals surface area contributed by atoms with Crippen molar-refractivity contribution in [2.75, 3.05) is 0 Å². The van der Waals surface area contributed by atoms with E-state index in [1.807, 2.05) is 60.7 Å². The molecule has 4 aromatic rings. The van der Waals surface area contributed by atoms with Gasteiger partial charge in [-0.1, -0.05) is 66.2 Å². The van der Waals surface area contributed by atoms with Crippen molar-refractivity contribution in [3.05, 3.63) is 129 Å². The van der Waals surface area contributed by atoms with Gasteiger partial charge >= 0.3 is 17.9 Å². The molecule has 1 atom stereocenters. The Hall–Kier alpha value is -4.95. The lowest BCUT2D eigenvalue weighted by Gasteiger charge is -2.36. The van der Waals surface area contributed by atoms with Gasteiger partial charge in [0.1, 0.15) is 0 Å². The van der Waals surface area contributed by atoms with Crippen molar-refractivity contribution in [3.8, 4) is 11.1 Å². The summed E-state index contributed by atoms with van der Waals surface area (Å²) in [4.78, 5) is 51.9. The first-order chi connectivity index (χ1) is 20.1. The minimum atomic E-state index is -1.61. The largest absolute Gasteiger partial charge is 0.478 e. The van der Waals surface area contributed by atoms with Gasteiger partial charge in [0.15, 0.2) is 0 Å². The second kappa shape index (κ2) is 11.9. The van der Waals surface area contributed by atoms with Gasteiger partial charge in [-0.05, 0) is 77.4 Å². The maximum atomic E-state index is 14.3. The summed E-state index contributed by atoms with van der Waals surface area (Å²) in [6.07, 6.45) is 2.24. The lowest BCUT2D eigenvalue weighted by molar-refractivity contribution is 0.0611. The van der Waals surface area contributed by atoms with Gasteiger partial charge < -0.3 is 20.2 Å². The maximum absolute atomic E-state index is 14.3. The number of carboxylic acid groups (broad SMARTS) is 3. The summed E-state index contributed by atoms with van der Waals surface area (Å²) in [7, 11) is 0. The van der Waals surface area contributed by atoms with E-state index in [0.29, 0.717) is 11.4 Å². The van der Waals surface area contributed by atoms with Crippen LogP contribution < -0.4 is 0 Å². The van der Waals surface area contributed by atoms with Crippen molar-refractivity contribution in [1.29, 1.82) is 0 Å². The number of rotatable bonds is 8.